The number of nitrogens with zero attached hydrogens (tertiary/aromatic N) is 2. The van der Waals surface area contributed by atoms with Gasteiger partial charge in [0.2, 0.25) is 11.7 Å². The molecule has 0 bridgehead atoms. The Bertz CT molecular complexity index is 1070. The molecule has 1 aromatic heterocycles. The van der Waals surface area contributed by atoms with E-state index < -0.39 is 18.0 Å². The van der Waals surface area contributed by atoms with Crippen molar-refractivity contribution in [1.29, 1.82) is 0 Å². The van der Waals surface area contributed by atoms with E-state index in [9.17, 15) is 9.59 Å². The monoisotopic (exact) mass is 423 g/mol. The van der Waals surface area contributed by atoms with Crippen LogP contribution in [0.2, 0.25) is 0 Å². The summed E-state index contributed by atoms with van der Waals surface area (Å²) in [5.74, 6) is 0.441. The largest absolute Gasteiger partial charge is 0.485 e. The zero-order chi connectivity index (χ0) is 22.5. The molecule has 2 aromatic carbocycles. The number of carbonyl (C=O) groups is 2. The van der Waals surface area contributed by atoms with Crippen LogP contribution in [0.1, 0.15) is 45.7 Å². The Hall–Kier alpha value is -3.68. The molecule has 162 valence electrons. The molecule has 0 aliphatic heterocycles. The first kappa shape index (κ1) is 22.0. The molecule has 0 aliphatic rings. The van der Waals surface area contributed by atoms with Crippen LogP contribution in [0.3, 0.4) is 0 Å². The fraction of sp³-hybridized carbons (Fsp3) is 0.304. The molecule has 8 heteroatoms. The molecule has 0 saturated heterocycles. The Morgan fingerprint density at radius 2 is 1.71 bits per heavy atom. The molecule has 0 saturated carbocycles. The third kappa shape index (κ3) is 5.69. The summed E-state index contributed by atoms with van der Waals surface area (Å²) in [7, 11) is 0. The highest BCUT2D eigenvalue weighted by molar-refractivity contribution is 5.98. The summed E-state index contributed by atoms with van der Waals surface area (Å²) in [6.45, 7) is 9.23. The van der Waals surface area contributed by atoms with E-state index in [-0.39, 0.29) is 6.61 Å². The molecule has 0 spiro atoms. The zero-order valence-electron chi connectivity index (χ0n) is 18.2. The van der Waals surface area contributed by atoms with Crippen LogP contribution in [0.4, 0.5) is 5.69 Å². The molecule has 31 heavy (non-hydrogen) atoms. The molecule has 0 radical (unpaired) electrons. The summed E-state index contributed by atoms with van der Waals surface area (Å²) in [4.78, 5) is 29.0. The highest BCUT2D eigenvalue weighted by Crippen LogP contribution is 2.22. The van der Waals surface area contributed by atoms with E-state index in [1.54, 1.807) is 31.2 Å². The van der Waals surface area contributed by atoms with Gasteiger partial charge in [-0.25, -0.2) is 4.79 Å². The zero-order valence-corrected chi connectivity index (χ0v) is 18.2. The molecule has 8 nitrogen and oxygen atoms in total. The summed E-state index contributed by atoms with van der Waals surface area (Å²) in [5.41, 5.74) is 4.07. The number of hydrogen-bond donors (Lipinski definition) is 1. The lowest BCUT2D eigenvalue weighted by Gasteiger charge is -2.17. The molecule has 3 rings (SSSR count). The van der Waals surface area contributed by atoms with Gasteiger partial charge in [0, 0.05) is 12.6 Å². The molecule has 3 aromatic rings. The number of esters is 1. The second-order valence-corrected chi connectivity index (χ2v) is 7.35. The summed E-state index contributed by atoms with van der Waals surface area (Å²) >= 11 is 0. The van der Waals surface area contributed by atoms with E-state index in [0.29, 0.717) is 23.0 Å². The van der Waals surface area contributed by atoms with Gasteiger partial charge in [-0.3, -0.25) is 4.79 Å². The van der Waals surface area contributed by atoms with Crippen molar-refractivity contribution >= 4 is 17.6 Å². The number of rotatable bonds is 7. The Morgan fingerprint density at radius 3 is 2.29 bits per heavy atom. The van der Waals surface area contributed by atoms with Crippen LogP contribution in [0.25, 0.3) is 0 Å². The summed E-state index contributed by atoms with van der Waals surface area (Å²) in [6, 6.07) is 10.4. The van der Waals surface area contributed by atoms with Gasteiger partial charge in [0.1, 0.15) is 5.75 Å². The van der Waals surface area contributed by atoms with Gasteiger partial charge in [-0.1, -0.05) is 22.9 Å². The Morgan fingerprint density at radius 1 is 1.06 bits per heavy atom. The lowest BCUT2D eigenvalue weighted by molar-refractivity contribution is -0.123. The van der Waals surface area contributed by atoms with Crippen LogP contribution in [-0.2, 0) is 16.1 Å². The fourth-order valence-electron chi connectivity index (χ4n) is 3.12. The maximum absolute atomic E-state index is 12.5. The number of aromatic nitrogens is 2. The molecular weight excluding hydrogens is 398 g/mol. The minimum Gasteiger partial charge on any atom is -0.485 e. The van der Waals surface area contributed by atoms with Gasteiger partial charge in [-0.2, -0.15) is 4.98 Å². The van der Waals surface area contributed by atoms with E-state index in [1.165, 1.54) is 6.92 Å². The number of aryl methyl sites for hydroxylation is 4. The average molecular weight is 423 g/mol. The number of carbonyl (C=O) groups excluding carboxylic acids is 2. The first-order chi connectivity index (χ1) is 14.7. The minimum atomic E-state index is -0.954. The van der Waals surface area contributed by atoms with Gasteiger partial charge in [0.05, 0.1) is 5.56 Å². The lowest BCUT2D eigenvalue weighted by Crippen LogP contribution is -2.30. The first-order valence-corrected chi connectivity index (χ1v) is 9.84. The van der Waals surface area contributed by atoms with E-state index in [2.05, 4.69) is 15.5 Å². The molecule has 1 unspecified atom stereocenters. The molecule has 1 amide bonds. The number of anilines is 1. The first-order valence-electron chi connectivity index (χ1n) is 9.84. The maximum Gasteiger partial charge on any atom is 0.338 e. The molecule has 0 aliphatic carbocycles. The summed E-state index contributed by atoms with van der Waals surface area (Å²) in [6.07, 6.45) is -0.954. The van der Waals surface area contributed by atoms with Gasteiger partial charge >= 0.3 is 5.97 Å². The molecule has 1 N–H and O–H groups in total. The van der Waals surface area contributed by atoms with Crippen LogP contribution in [0, 0.1) is 27.7 Å². The lowest BCUT2D eigenvalue weighted by atomic mass is 10.0. The minimum absolute atomic E-state index is 0.149. The molecule has 1 heterocycles. The number of benzene rings is 2. The normalized spacial score (nSPS) is 11.6. The van der Waals surface area contributed by atoms with Gasteiger partial charge in [0.15, 0.2) is 12.7 Å². The predicted octanol–water partition coefficient (Wildman–Crippen LogP) is 4.07. The van der Waals surface area contributed by atoms with E-state index in [0.717, 1.165) is 22.4 Å². The van der Waals surface area contributed by atoms with E-state index in [1.807, 2.05) is 32.9 Å². The van der Waals surface area contributed by atoms with Crippen LogP contribution in [-0.4, -0.2) is 28.1 Å². The Balaban J connectivity index is 1.56. The molecular formula is C23H25N3O5. The average Bonchev–Trinajstić information content (AvgIpc) is 3.14. The standard InChI is InChI=1S/C23H25N3O5/c1-13-10-14(2)21(15(3)11-13)25-22(27)16(4)30-23(28)18-6-8-19(9-7-18)29-12-20-24-17(5)31-26-20/h6-11,16H,12H2,1-5H3,(H,25,27). The topological polar surface area (TPSA) is 104 Å². The highest BCUT2D eigenvalue weighted by Gasteiger charge is 2.20. The maximum atomic E-state index is 12.5. The van der Waals surface area contributed by atoms with Crippen molar-refractivity contribution in [3.63, 3.8) is 0 Å². The van der Waals surface area contributed by atoms with Crippen molar-refractivity contribution in [3.8, 4) is 5.75 Å². The second-order valence-electron chi connectivity index (χ2n) is 7.35. The second kappa shape index (κ2) is 9.42. The molecule has 1 atom stereocenters. The van der Waals surface area contributed by atoms with Crippen LogP contribution < -0.4 is 10.1 Å². The van der Waals surface area contributed by atoms with Crippen molar-refractivity contribution < 1.29 is 23.6 Å². The number of amides is 1. The van der Waals surface area contributed by atoms with E-state index in [4.69, 9.17) is 14.0 Å². The third-order valence-corrected chi connectivity index (χ3v) is 4.61. The molecule has 0 fully saturated rings. The number of ether oxygens (including phenoxy) is 2. The van der Waals surface area contributed by atoms with Crippen LogP contribution >= 0.6 is 0 Å². The highest BCUT2D eigenvalue weighted by atomic mass is 16.5. The van der Waals surface area contributed by atoms with Crippen LogP contribution in [0.5, 0.6) is 5.75 Å². The number of hydrogen-bond acceptors (Lipinski definition) is 7. The van der Waals surface area contributed by atoms with Crippen molar-refractivity contribution in [2.45, 2.75) is 47.3 Å². The predicted molar refractivity (Wildman–Crippen MR) is 114 cm³/mol. The summed E-state index contributed by atoms with van der Waals surface area (Å²) in [5, 5.41) is 6.60. The smallest absolute Gasteiger partial charge is 0.338 e. The van der Waals surface area contributed by atoms with Crippen molar-refractivity contribution in [3.05, 3.63) is 70.4 Å². The van der Waals surface area contributed by atoms with Crippen molar-refractivity contribution in [2.24, 2.45) is 0 Å². The van der Waals surface area contributed by atoms with E-state index >= 15 is 0 Å². The third-order valence-electron chi connectivity index (χ3n) is 4.61. The Kier molecular flexibility index (Phi) is 6.69. The van der Waals surface area contributed by atoms with Gasteiger partial charge in [-0.05, 0) is 63.1 Å². The van der Waals surface area contributed by atoms with Gasteiger partial charge < -0.3 is 19.3 Å². The fourth-order valence-corrected chi connectivity index (χ4v) is 3.12. The quantitative estimate of drug-likeness (QED) is 0.571. The Labute approximate surface area is 180 Å². The van der Waals surface area contributed by atoms with Crippen molar-refractivity contribution in [1.82, 2.24) is 10.1 Å². The summed E-state index contributed by atoms with van der Waals surface area (Å²) < 4.78 is 15.8. The van der Waals surface area contributed by atoms with Crippen molar-refractivity contribution in [2.75, 3.05) is 5.32 Å². The van der Waals surface area contributed by atoms with Gasteiger partial charge in [0.25, 0.3) is 5.91 Å². The van der Waals surface area contributed by atoms with Gasteiger partial charge in [-0.15, -0.1) is 0 Å². The van der Waals surface area contributed by atoms with Crippen LogP contribution in [0.15, 0.2) is 40.9 Å². The SMILES string of the molecule is Cc1cc(C)c(NC(=O)C(C)OC(=O)c2ccc(OCc3noc(C)n3)cc2)c(C)c1. The number of nitrogens with one attached hydrogen (secondary N) is 1.